The molecule has 0 spiro atoms. The Morgan fingerprint density at radius 2 is 2.04 bits per heavy atom. The van der Waals surface area contributed by atoms with E-state index in [1.165, 1.54) is 12.1 Å². The topological polar surface area (TPSA) is 67.6 Å². The van der Waals surface area contributed by atoms with Gasteiger partial charge in [-0.1, -0.05) is 0 Å². The van der Waals surface area contributed by atoms with Crippen molar-refractivity contribution in [2.24, 2.45) is 5.73 Å². The van der Waals surface area contributed by atoms with Crippen LogP contribution in [0.2, 0.25) is 0 Å². The van der Waals surface area contributed by atoms with Gasteiger partial charge in [0.2, 0.25) is 5.91 Å². The van der Waals surface area contributed by atoms with Crippen molar-refractivity contribution >= 4 is 36.4 Å². The number of hydrogen-bond acceptors (Lipinski definition) is 4. The number of ether oxygens (including phenoxy) is 1. The van der Waals surface area contributed by atoms with Gasteiger partial charge in [0.1, 0.15) is 5.82 Å². The third kappa shape index (κ3) is 6.91. The molecule has 0 aliphatic carbocycles. The molecule has 1 aliphatic heterocycles. The lowest BCUT2D eigenvalue weighted by atomic mass is 10.1. The molecule has 1 unspecified atom stereocenters. The number of amides is 1. The van der Waals surface area contributed by atoms with E-state index >= 15 is 0 Å². The smallest absolute Gasteiger partial charge is 0.221 e. The van der Waals surface area contributed by atoms with Gasteiger partial charge in [0, 0.05) is 37.8 Å². The second-order valence-electron chi connectivity index (χ2n) is 5.33. The number of anilines is 1. The summed E-state index contributed by atoms with van der Waals surface area (Å²) in [5, 5.41) is 2.79. The lowest BCUT2D eigenvalue weighted by Gasteiger charge is -2.30. The van der Waals surface area contributed by atoms with Crippen LogP contribution in [0.3, 0.4) is 0 Å². The Morgan fingerprint density at radius 1 is 1.39 bits per heavy atom. The number of carbonyl (C=O) groups is 1. The van der Waals surface area contributed by atoms with Crippen LogP contribution in [0.15, 0.2) is 18.2 Å². The maximum atomic E-state index is 13.5. The van der Waals surface area contributed by atoms with E-state index in [-0.39, 0.29) is 49.0 Å². The molecule has 1 aliphatic rings. The number of benzene rings is 1. The third-order valence-corrected chi connectivity index (χ3v) is 3.38. The van der Waals surface area contributed by atoms with Crippen molar-refractivity contribution < 1.29 is 13.9 Å². The second-order valence-corrected chi connectivity index (χ2v) is 5.33. The van der Waals surface area contributed by atoms with Crippen LogP contribution < -0.4 is 16.0 Å². The van der Waals surface area contributed by atoms with Crippen molar-refractivity contribution in [3.05, 3.63) is 29.6 Å². The number of nitrogens with one attached hydrogen (secondary N) is 1. The van der Waals surface area contributed by atoms with Crippen molar-refractivity contribution in [2.75, 3.05) is 31.2 Å². The Labute approximate surface area is 148 Å². The molecule has 0 radical (unpaired) electrons. The molecule has 8 heteroatoms. The van der Waals surface area contributed by atoms with Crippen LogP contribution in [-0.4, -0.2) is 38.3 Å². The Balaban J connectivity index is 0.00000242. The van der Waals surface area contributed by atoms with E-state index in [9.17, 15) is 9.18 Å². The molecule has 5 nitrogen and oxygen atoms in total. The van der Waals surface area contributed by atoms with Crippen LogP contribution in [0.1, 0.15) is 18.9 Å². The van der Waals surface area contributed by atoms with Crippen LogP contribution in [0, 0.1) is 5.82 Å². The minimum absolute atomic E-state index is 0. The highest BCUT2D eigenvalue weighted by Crippen LogP contribution is 2.22. The van der Waals surface area contributed by atoms with Gasteiger partial charge in [-0.2, -0.15) is 0 Å². The van der Waals surface area contributed by atoms with Gasteiger partial charge in [0.15, 0.2) is 0 Å². The molecule has 1 aromatic carbocycles. The summed E-state index contributed by atoms with van der Waals surface area (Å²) in [5.74, 6) is -0.425. The molecule has 1 heterocycles. The molecule has 0 aromatic heterocycles. The van der Waals surface area contributed by atoms with Crippen molar-refractivity contribution in [2.45, 2.75) is 25.9 Å². The average Bonchev–Trinajstić information content (AvgIpc) is 2.45. The monoisotopic (exact) mass is 367 g/mol. The fourth-order valence-electron chi connectivity index (χ4n) is 2.37. The number of halogens is 3. The minimum atomic E-state index is -0.302. The zero-order valence-electron chi connectivity index (χ0n) is 13.1. The van der Waals surface area contributed by atoms with E-state index in [4.69, 9.17) is 10.5 Å². The summed E-state index contributed by atoms with van der Waals surface area (Å²) in [6.07, 6.45) is 0.266. The van der Waals surface area contributed by atoms with Gasteiger partial charge in [-0.3, -0.25) is 4.79 Å². The van der Waals surface area contributed by atoms with Crippen molar-refractivity contribution in [3.8, 4) is 0 Å². The summed E-state index contributed by atoms with van der Waals surface area (Å²) in [4.78, 5) is 13.8. The van der Waals surface area contributed by atoms with Gasteiger partial charge in [-0.25, -0.2) is 4.39 Å². The zero-order chi connectivity index (χ0) is 15.2. The van der Waals surface area contributed by atoms with Gasteiger partial charge in [0.05, 0.1) is 13.2 Å². The van der Waals surface area contributed by atoms with Crippen molar-refractivity contribution in [1.82, 2.24) is 5.32 Å². The number of carbonyl (C=O) groups excluding carboxylic acids is 1. The van der Waals surface area contributed by atoms with Crippen LogP contribution in [0.25, 0.3) is 0 Å². The Hall–Kier alpha value is -1.08. The van der Waals surface area contributed by atoms with Crippen LogP contribution in [-0.2, 0) is 16.1 Å². The SMILES string of the molecule is CC(N)CC(=O)NCc1cc(F)ccc1N1CCOCC1.Cl.Cl. The second kappa shape index (κ2) is 10.6. The van der Waals surface area contributed by atoms with Crippen LogP contribution >= 0.6 is 24.8 Å². The van der Waals surface area contributed by atoms with Gasteiger partial charge in [-0.15, -0.1) is 24.8 Å². The fraction of sp³-hybridized carbons (Fsp3) is 0.533. The summed E-state index contributed by atoms with van der Waals surface area (Å²) in [5.41, 5.74) is 7.31. The number of hydrogen-bond donors (Lipinski definition) is 2. The standard InChI is InChI=1S/C15H22FN3O2.2ClH/c1-11(17)8-15(20)18-10-12-9-13(16)2-3-14(12)19-4-6-21-7-5-19;;/h2-3,9,11H,4-8,10,17H2,1H3,(H,18,20);2*1H. The van der Waals surface area contributed by atoms with E-state index in [2.05, 4.69) is 10.2 Å². The summed E-state index contributed by atoms with van der Waals surface area (Å²) in [7, 11) is 0. The fourth-order valence-corrected chi connectivity index (χ4v) is 2.37. The molecule has 132 valence electrons. The van der Waals surface area contributed by atoms with Crippen LogP contribution in [0.5, 0.6) is 0 Å². The quantitative estimate of drug-likeness (QED) is 0.833. The van der Waals surface area contributed by atoms with Gasteiger partial charge in [0.25, 0.3) is 0 Å². The molecule has 1 fully saturated rings. The Morgan fingerprint density at radius 3 is 2.65 bits per heavy atom. The maximum absolute atomic E-state index is 13.5. The predicted octanol–water partition coefficient (Wildman–Crippen LogP) is 1.86. The maximum Gasteiger partial charge on any atom is 0.221 e. The minimum Gasteiger partial charge on any atom is -0.378 e. The molecule has 23 heavy (non-hydrogen) atoms. The molecule has 1 atom stereocenters. The number of nitrogens with zero attached hydrogens (tertiary/aromatic N) is 1. The van der Waals surface area contributed by atoms with Gasteiger partial charge < -0.3 is 20.7 Å². The van der Waals surface area contributed by atoms with E-state index in [0.29, 0.717) is 19.8 Å². The van der Waals surface area contributed by atoms with Crippen LogP contribution in [0.4, 0.5) is 10.1 Å². The van der Waals surface area contributed by atoms with Gasteiger partial charge in [-0.05, 0) is 30.7 Å². The molecular weight excluding hydrogens is 344 g/mol. The molecule has 0 saturated carbocycles. The van der Waals surface area contributed by atoms with E-state index in [0.717, 1.165) is 24.3 Å². The first-order valence-electron chi connectivity index (χ1n) is 7.19. The first-order chi connectivity index (χ1) is 10.1. The number of rotatable bonds is 5. The molecule has 1 saturated heterocycles. The molecule has 0 bridgehead atoms. The highest BCUT2D eigenvalue weighted by molar-refractivity contribution is 5.85. The van der Waals surface area contributed by atoms with Gasteiger partial charge >= 0.3 is 0 Å². The molecule has 3 N–H and O–H groups in total. The van der Waals surface area contributed by atoms with E-state index in [1.807, 2.05) is 0 Å². The average molecular weight is 368 g/mol. The largest absolute Gasteiger partial charge is 0.378 e. The third-order valence-electron chi connectivity index (χ3n) is 3.38. The highest BCUT2D eigenvalue weighted by Gasteiger charge is 2.16. The van der Waals surface area contributed by atoms with E-state index in [1.54, 1.807) is 13.0 Å². The molecule has 2 rings (SSSR count). The zero-order valence-corrected chi connectivity index (χ0v) is 14.7. The predicted molar refractivity (Wildman–Crippen MR) is 94.0 cm³/mol. The first-order valence-corrected chi connectivity index (χ1v) is 7.19. The summed E-state index contributed by atoms with van der Waals surface area (Å²) >= 11 is 0. The number of nitrogens with two attached hydrogens (primary N) is 1. The summed E-state index contributed by atoms with van der Waals surface area (Å²) in [6, 6.07) is 4.49. The lowest BCUT2D eigenvalue weighted by Crippen LogP contribution is -2.37. The summed E-state index contributed by atoms with van der Waals surface area (Å²) in [6.45, 7) is 4.94. The van der Waals surface area contributed by atoms with Crippen molar-refractivity contribution in [3.63, 3.8) is 0 Å². The molecular formula is C15H24Cl2FN3O2. The highest BCUT2D eigenvalue weighted by atomic mass is 35.5. The Kier molecular flexibility index (Phi) is 10.1. The number of morpholine rings is 1. The molecule has 1 aromatic rings. The summed E-state index contributed by atoms with van der Waals surface area (Å²) < 4.78 is 18.8. The Bertz CT molecular complexity index is 498. The lowest BCUT2D eigenvalue weighted by molar-refractivity contribution is -0.121. The van der Waals surface area contributed by atoms with E-state index < -0.39 is 0 Å². The van der Waals surface area contributed by atoms with Crippen molar-refractivity contribution in [1.29, 1.82) is 0 Å². The normalized spacial score (nSPS) is 15.2. The first kappa shape index (κ1) is 21.9. The molecule has 1 amide bonds.